The van der Waals surface area contributed by atoms with E-state index >= 15 is 0 Å². The molecule has 0 saturated heterocycles. The average Bonchev–Trinajstić information content (AvgIpc) is 3.35. The van der Waals surface area contributed by atoms with Gasteiger partial charge in [-0.1, -0.05) is 141 Å². The van der Waals surface area contributed by atoms with E-state index in [1.54, 1.807) is 36.4 Å². The minimum atomic E-state index is -0.415. The molecule has 8 aromatic rings. The van der Waals surface area contributed by atoms with Crippen molar-refractivity contribution in [3.05, 3.63) is 182 Å². The number of fused-ring (bicyclic) bond motifs is 2. The molecule has 2 heterocycles. The molecule has 67 heavy (non-hydrogen) atoms. The third-order valence-corrected chi connectivity index (χ3v) is 11.1. The molecule has 0 atom stereocenters. The molecule has 0 aliphatic carbocycles. The van der Waals surface area contributed by atoms with Crippen molar-refractivity contribution in [1.82, 2.24) is 19.9 Å². The van der Waals surface area contributed by atoms with Gasteiger partial charge in [0.15, 0.2) is 11.0 Å². The van der Waals surface area contributed by atoms with Crippen molar-refractivity contribution in [2.75, 3.05) is 32.6 Å². The van der Waals surface area contributed by atoms with Crippen molar-refractivity contribution < 1.29 is 138 Å². The Balaban J connectivity index is 0.000000363. The van der Waals surface area contributed by atoms with E-state index in [0.717, 1.165) is 44.1 Å². The molecule has 8 rings (SSSR count). The minimum absolute atomic E-state index is 0. The number of carbonyl (C=O) groups excluding carboxylic acids is 3. The maximum atomic E-state index is 11.9. The number of hydrogen-bond donors (Lipinski definition) is 2. The van der Waals surface area contributed by atoms with Crippen LogP contribution in [0.25, 0.3) is 44.6 Å². The summed E-state index contributed by atoms with van der Waals surface area (Å²) in [5.41, 5.74) is 14.6. The van der Waals surface area contributed by atoms with E-state index in [2.05, 4.69) is 68.9 Å². The topological polar surface area (TPSA) is 192 Å². The monoisotopic (exact) mass is 1100 g/mol. The normalized spacial score (nSPS) is 9.90. The first-order chi connectivity index (χ1) is 31.6. The number of carbonyl (C=O) groups is 3. The summed E-state index contributed by atoms with van der Waals surface area (Å²) in [6, 6.07) is 46.1. The SMILES string of the molecule is COC(=O)c1ccc2nc(-c3ccccc3)c(Cl)nc2c1.COC(=O)c1ccc2nc(-c3ccccc3)c(NCCc3ccccc3Br)nc2c1.NCCc1ccccc1Br.O=CO[O-].[H-].[K+].[K+]. The third kappa shape index (κ3) is 17.5. The van der Waals surface area contributed by atoms with E-state index in [1.807, 2.05) is 97.1 Å². The third-order valence-electron chi connectivity index (χ3n) is 9.28. The summed E-state index contributed by atoms with van der Waals surface area (Å²) in [4.78, 5) is 53.1. The van der Waals surface area contributed by atoms with Crippen molar-refractivity contribution in [2.24, 2.45) is 5.73 Å². The largest absolute Gasteiger partial charge is 1.00 e. The van der Waals surface area contributed by atoms with Crippen LogP contribution in [-0.4, -0.2) is 65.7 Å². The number of nitrogens with one attached hydrogen (secondary N) is 1. The second-order valence-corrected chi connectivity index (χ2v) is 15.6. The van der Waals surface area contributed by atoms with Crippen LogP contribution in [0.1, 0.15) is 33.3 Å². The maximum absolute atomic E-state index is 11.9. The van der Waals surface area contributed by atoms with Crippen molar-refractivity contribution >= 4 is 89.8 Å². The van der Waals surface area contributed by atoms with Crippen LogP contribution in [0.5, 0.6) is 0 Å². The van der Waals surface area contributed by atoms with Crippen molar-refractivity contribution in [1.29, 1.82) is 0 Å². The smallest absolute Gasteiger partial charge is 1.00 e. The molecule has 3 N–H and O–H groups in total. The molecule has 0 aliphatic heterocycles. The molecule has 0 bridgehead atoms. The van der Waals surface area contributed by atoms with Crippen molar-refractivity contribution in [2.45, 2.75) is 12.8 Å². The molecule has 0 aliphatic rings. The van der Waals surface area contributed by atoms with Gasteiger partial charge in [0.2, 0.25) is 0 Å². The molecule has 18 heteroatoms. The summed E-state index contributed by atoms with van der Waals surface area (Å²) < 4.78 is 11.8. The molecule has 0 radical (unpaired) electrons. The Bertz CT molecular complexity index is 2860. The Kier molecular flexibility index (Phi) is 26.8. The van der Waals surface area contributed by atoms with E-state index in [9.17, 15) is 9.59 Å². The number of nitrogens with two attached hydrogens (primary N) is 1. The fourth-order valence-electron chi connectivity index (χ4n) is 6.15. The Hall–Kier alpha value is -3.35. The molecule has 6 aromatic carbocycles. The number of benzene rings is 6. The number of esters is 2. The predicted molar refractivity (Wildman–Crippen MR) is 259 cm³/mol. The first-order valence-electron chi connectivity index (χ1n) is 19.8. The van der Waals surface area contributed by atoms with E-state index in [-0.39, 0.29) is 111 Å². The van der Waals surface area contributed by atoms with Crippen LogP contribution in [0.3, 0.4) is 0 Å². The van der Waals surface area contributed by atoms with Gasteiger partial charge in [-0.3, -0.25) is 4.79 Å². The number of halogens is 3. The first kappa shape index (κ1) is 58.0. The van der Waals surface area contributed by atoms with Gasteiger partial charge in [-0.15, -0.1) is 0 Å². The molecule has 0 fully saturated rings. The van der Waals surface area contributed by atoms with Gasteiger partial charge in [-0.25, -0.2) is 29.5 Å². The van der Waals surface area contributed by atoms with Gasteiger partial charge >= 0.3 is 115 Å². The number of hydrogen-bond acceptors (Lipinski definition) is 13. The van der Waals surface area contributed by atoms with E-state index in [4.69, 9.17) is 42.1 Å². The van der Waals surface area contributed by atoms with Gasteiger partial charge in [0.05, 0.1) is 47.4 Å². The molecular weight excluding hydrogens is 1060 g/mol. The first-order valence-corrected chi connectivity index (χ1v) is 21.8. The summed E-state index contributed by atoms with van der Waals surface area (Å²) in [6.45, 7) is 1.22. The van der Waals surface area contributed by atoms with Gasteiger partial charge in [0.25, 0.3) is 6.47 Å². The number of methoxy groups -OCH3 is 2. The van der Waals surface area contributed by atoms with Crippen molar-refractivity contribution in [3.63, 3.8) is 0 Å². The van der Waals surface area contributed by atoms with Crippen molar-refractivity contribution in [3.8, 4) is 22.5 Å². The summed E-state index contributed by atoms with van der Waals surface area (Å²) >= 11 is 13.3. The van der Waals surface area contributed by atoms with Gasteiger partial charge in [-0.05, 0) is 79.0 Å². The average molecular weight is 1100 g/mol. The second kappa shape index (κ2) is 31.0. The van der Waals surface area contributed by atoms with Crippen LogP contribution in [0.4, 0.5) is 5.82 Å². The minimum Gasteiger partial charge on any atom is -1.00 e. The van der Waals surface area contributed by atoms with E-state index < -0.39 is 11.9 Å². The Morgan fingerprint density at radius 3 is 1.54 bits per heavy atom. The molecule has 0 saturated carbocycles. The summed E-state index contributed by atoms with van der Waals surface area (Å²) in [6.07, 6.45) is 1.78. The number of rotatable bonds is 11. The van der Waals surface area contributed by atoms with Crippen LogP contribution >= 0.6 is 43.5 Å². The maximum Gasteiger partial charge on any atom is 1.00 e. The van der Waals surface area contributed by atoms with Crippen LogP contribution in [0.2, 0.25) is 5.15 Å². The Labute approximate surface area is 496 Å². The molecule has 0 spiro atoms. The number of nitrogens with zero attached hydrogens (tertiary/aromatic N) is 4. The Morgan fingerprint density at radius 2 is 1.07 bits per heavy atom. The number of ether oxygens (including phenoxy) is 2. The fraction of sp³-hybridized carbons (Fsp3) is 0.122. The van der Waals surface area contributed by atoms with Gasteiger partial charge in [0.1, 0.15) is 11.4 Å². The van der Waals surface area contributed by atoms with Crippen LogP contribution < -0.4 is 119 Å². The molecular formula is C49H43Br2ClK2N6O7. The molecule has 0 unspecified atom stereocenters. The van der Waals surface area contributed by atoms with Gasteiger partial charge < -0.3 is 32.1 Å². The molecule has 2 aromatic heterocycles. The zero-order valence-corrected chi connectivity index (χ0v) is 47.3. The summed E-state index contributed by atoms with van der Waals surface area (Å²) in [7, 11) is 2.70. The molecule has 334 valence electrons. The molecule has 13 nitrogen and oxygen atoms in total. The summed E-state index contributed by atoms with van der Waals surface area (Å²) in [5.74, 6) is -0.126. The van der Waals surface area contributed by atoms with Crippen LogP contribution in [0.15, 0.2) is 155 Å². The fourth-order valence-corrected chi connectivity index (χ4v) is 7.36. The summed E-state index contributed by atoms with van der Waals surface area (Å²) in [5, 5.41) is 12.2. The van der Waals surface area contributed by atoms with E-state index in [0.29, 0.717) is 57.4 Å². The predicted octanol–water partition coefficient (Wildman–Crippen LogP) is 3.74. The van der Waals surface area contributed by atoms with Gasteiger partial charge in [-0.2, -0.15) is 0 Å². The van der Waals surface area contributed by atoms with Crippen LogP contribution in [0, 0.1) is 0 Å². The second-order valence-electron chi connectivity index (χ2n) is 13.5. The zero-order chi connectivity index (χ0) is 46.6. The zero-order valence-electron chi connectivity index (χ0n) is 38.1. The Morgan fingerprint density at radius 1 is 0.642 bits per heavy atom. The molecule has 0 amide bonds. The number of anilines is 1. The van der Waals surface area contributed by atoms with Gasteiger partial charge in [0, 0.05) is 26.6 Å². The standard InChI is InChI=1S/C24H20BrN3O2.C16H11ClN2O2.C8H10BrN.CH2O3.2K.H/c1-30-24(29)18-11-12-20-21(15-18)28-23(22(27-20)17-8-3-2-4-9-17)26-14-13-16-7-5-6-10-19(16)25;1-21-16(20)11-7-8-12-13(9-11)19-15(17)14(18-12)10-5-3-2-4-6-10;9-8-4-2-1-3-7(8)5-6-10;2-1-4-3;;;/h2-12,15H,13-14H2,1H3,(H,26,28);2-9H,1H3;1-4H,5-6,10H2;1,3H;;;/q;;;;2*+1;-1/p-1. The van der Waals surface area contributed by atoms with Crippen LogP contribution in [-0.2, 0) is 32.0 Å². The van der Waals surface area contributed by atoms with E-state index in [1.165, 1.54) is 25.3 Å². The quantitative estimate of drug-likeness (QED) is 0.0627. The number of aromatic nitrogens is 4.